The van der Waals surface area contributed by atoms with Crippen LogP contribution in [0.4, 0.5) is 0 Å². The first-order chi connectivity index (χ1) is 11.7. The average Bonchev–Trinajstić information content (AvgIpc) is 2.97. The van der Waals surface area contributed by atoms with Crippen molar-refractivity contribution < 1.29 is 9.53 Å². The van der Waals surface area contributed by atoms with E-state index in [1.165, 1.54) is 0 Å². The number of benzene rings is 1. The molecular weight excluding hydrogens is 326 g/mol. The molecule has 24 heavy (non-hydrogen) atoms. The van der Waals surface area contributed by atoms with E-state index >= 15 is 0 Å². The molecule has 1 fully saturated rings. The van der Waals surface area contributed by atoms with E-state index in [9.17, 15) is 4.79 Å². The van der Waals surface area contributed by atoms with Crippen molar-refractivity contribution in [2.75, 3.05) is 39.4 Å². The summed E-state index contributed by atoms with van der Waals surface area (Å²) in [5.74, 6) is -0.0406. The Hall–Kier alpha value is -1.56. The lowest BCUT2D eigenvalue weighted by Crippen LogP contribution is -2.38. The summed E-state index contributed by atoms with van der Waals surface area (Å²) in [4.78, 5) is 18.1. The van der Waals surface area contributed by atoms with Gasteiger partial charge in [-0.3, -0.25) is 9.69 Å². The molecular formula is C18H24ClN3O2. The monoisotopic (exact) mass is 349 g/mol. The highest BCUT2D eigenvalue weighted by Gasteiger charge is 2.16. The van der Waals surface area contributed by atoms with Crippen LogP contribution in [0.25, 0.3) is 10.9 Å². The first kappa shape index (κ1) is 17.3. The molecule has 5 nitrogen and oxygen atoms in total. The molecule has 3 rings (SSSR count). The van der Waals surface area contributed by atoms with Gasteiger partial charge in [-0.2, -0.15) is 0 Å². The Bertz CT molecular complexity index is 708. The summed E-state index contributed by atoms with van der Waals surface area (Å²) in [5, 5.41) is 4.75. The molecule has 1 saturated heterocycles. The van der Waals surface area contributed by atoms with Crippen LogP contribution in [0.5, 0.6) is 0 Å². The molecule has 0 radical (unpaired) electrons. The Kier molecular flexibility index (Phi) is 5.76. The number of nitrogens with one attached hydrogen (secondary N) is 2. The van der Waals surface area contributed by atoms with E-state index in [0.29, 0.717) is 17.3 Å². The number of hydrogen-bond acceptors (Lipinski definition) is 3. The van der Waals surface area contributed by atoms with E-state index in [1.54, 1.807) is 0 Å². The lowest BCUT2D eigenvalue weighted by Gasteiger charge is -2.26. The summed E-state index contributed by atoms with van der Waals surface area (Å²) < 4.78 is 5.34. The molecule has 1 aliphatic rings. The minimum absolute atomic E-state index is 0.0406. The standard InChI is InChI=1S/C18H24ClN3O2/c1-2-14-15-12-13(19)4-5-16(15)21-17(14)18(23)20-6-3-7-22-8-10-24-11-9-22/h4-5,12,21H,2-3,6-11H2,1H3,(H,20,23). The molecule has 0 bridgehead atoms. The van der Waals surface area contributed by atoms with Crippen molar-refractivity contribution in [1.82, 2.24) is 15.2 Å². The highest BCUT2D eigenvalue weighted by atomic mass is 35.5. The number of H-pyrrole nitrogens is 1. The van der Waals surface area contributed by atoms with Crippen molar-refractivity contribution in [2.45, 2.75) is 19.8 Å². The number of rotatable bonds is 6. The maximum absolute atomic E-state index is 12.5. The molecule has 1 amide bonds. The van der Waals surface area contributed by atoms with Gasteiger partial charge >= 0.3 is 0 Å². The number of amides is 1. The number of carbonyl (C=O) groups excluding carboxylic acids is 1. The molecule has 0 unspecified atom stereocenters. The molecule has 2 heterocycles. The first-order valence-electron chi connectivity index (χ1n) is 8.57. The van der Waals surface area contributed by atoms with Gasteiger partial charge in [0.2, 0.25) is 0 Å². The van der Waals surface area contributed by atoms with Gasteiger partial charge in [-0.1, -0.05) is 18.5 Å². The van der Waals surface area contributed by atoms with Gasteiger partial charge in [0, 0.05) is 35.6 Å². The van der Waals surface area contributed by atoms with Crippen molar-refractivity contribution in [1.29, 1.82) is 0 Å². The van der Waals surface area contributed by atoms with Gasteiger partial charge < -0.3 is 15.0 Å². The zero-order valence-electron chi connectivity index (χ0n) is 14.0. The van der Waals surface area contributed by atoms with Gasteiger partial charge in [0.05, 0.1) is 13.2 Å². The van der Waals surface area contributed by atoms with Gasteiger partial charge in [0.1, 0.15) is 5.69 Å². The van der Waals surface area contributed by atoms with Crippen LogP contribution in [-0.2, 0) is 11.2 Å². The van der Waals surface area contributed by atoms with Crippen molar-refractivity contribution in [3.8, 4) is 0 Å². The van der Waals surface area contributed by atoms with Crippen LogP contribution in [-0.4, -0.2) is 55.2 Å². The van der Waals surface area contributed by atoms with E-state index in [1.807, 2.05) is 18.2 Å². The third kappa shape index (κ3) is 3.91. The van der Waals surface area contributed by atoms with Crippen LogP contribution in [0.1, 0.15) is 29.4 Å². The molecule has 0 atom stereocenters. The zero-order valence-corrected chi connectivity index (χ0v) is 14.8. The SMILES string of the molecule is CCc1c(C(=O)NCCCN2CCOCC2)[nH]c2ccc(Cl)cc12. The van der Waals surface area contributed by atoms with Gasteiger partial charge in [-0.15, -0.1) is 0 Å². The largest absolute Gasteiger partial charge is 0.379 e. The molecule has 0 spiro atoms. The molecule has 2 N–H and O–H groups in total. The summed E-state index contributed by atoms with van der Waals surface area (Å²) in [6.45, 7) is 7.31. The third-order valence-electron chi connectivity index (χ3n) is 4.49. The first-order valence-corrected chi connectivity index (χ1v) is 8.95. The number of morpholine rings is 1. The van der Waals surface area contributed by atoms with Crippen LogP contribution >= 0.6 is 11.6 Å². The Labute approximate surface area is 147 Å². The lowest BCUT2D eigenvalue weighted by atomic mass is 10.1. The van der Waals surface area contributed by atoms with Gasteiger partial charge in [0.15, 0.2) is 0 Å². The Morgan fingerprint density at radius 2 is 2.17 bits per heavy atom. The van der Waals surface area contributed by atoms with Crippen molar-refractivity contribution in [3.63, 3.8) is 0 Å². The summed E-state index contributed by atoms with van der Waals surface area (Å²) in [7, 11) is 0. The van der Waals surface area contributed by atoms with Crippen LogP contribution in [0.3, 0.4) is 0 Å². The van der Waals surface area contributed by atoms with E-state index in [0.717, 1.165) is 62.2 Å². The molecule has 2 aromatic rings. The fourth-order valence-corrected chi connectivity index (χ4v) is 3.37. The van der Waals surface area contributed by atoms with Crippen LogP contribution in [0.2, 0.25) is 5.02 Å². The number of halogens is 1. The number of nitrogens with zero attached hydrogens (tertiary/aromatic N) is 1. The molecule has 130 valence electrons. The highest BCUT2D eigenvalue weighted by molar-refractivity contribution is 6.31. The number of aromatic nitrogens is 1. The van der Waals surface area contributed by atoms with Crippen LogP contribution in [0, 0.1) is 0 Å². The fourth-order valence-electron chi connectivity index (χ4n) is 3.20. The molecule has 0 aliphatic carbocycles. The van der Waals surface area contributed by atoms with Crippen molar-refractivity contribution in [3.05, 3.63) is 34.5 Å². The van der Waals surface area contributed by atoms with Crippen LogP contribution < -0.4 is 5.32 Å². The van der Waals surface area contributed by atoms with E-state index in [4.69, 9.17) is 16.3 Å². The van der Waals surface area contributed by atoms with Gasteiger partial charge in [0.25, 0.3) is 5.91 Å². The molecule has 1 aromatic heterocycles. The maximum atomic E-state index is 12.5. The Morgan fingerprint density at radius 1 is 1.38 bits per heavy atom. The van der Waals surface area contributed by atoms with E-state index in [2.05, 4.69) is 22.1 Å². The lowest BCUT2D eigenvalue weighted by molar-refractivity contribution is 0.0374. The maximum Gasteiger partial charge on any atom is 0.268 e. The van der Waals surface area contributed by atoms with Crippen LogP contribution in [0.15, 0.2) is 18.2 Å². The smallest absolute Gasteiger partial charge is 0.268 e. The normalized spacial score (nSPS) is 15.8. The number of fused-ring (bicyclic) bond motifs is 1. The second kappa shape index (κ2) is 8.01. The minimum atomic E-state index is -0.0406. The van der Waals surface area contributed by atoms with Gasteiger partial charge in [-0.25, -0.2) is 0 Å². The molecule has 1 aliphatic heterocycles. The predicted octanol–water partition coefficient (Wildman–Crippen LogP) is 2.84. The highest BCUT2D eigenvalue weighted by Crippen LogP contribution is 2.26. The average molecular weight is 350 g/mol. The Morgan fingerprint density at radius 3 is 2.92 bits per heavy atom. The predicted molar refractivity (Wildman–Crippen MR) is 96.9 cm³/mol. The van der Waals surface area contributed by atoms with E-state index in [-0.39, 0.29) is 5.91 Å². The summed E-state index contributed by atoms with van der Waals surface area (Å²) in [6.07, 6.45) is 1.73. The second-order valence-corrected chi connectivity index (χ2v) is 6.52. The second-order valence-electron chi connectivity index (χ2n) is 6.09. The number of aryl methyl sites for hydroxylation is 1. The minimum Gasteiger partial charge on any atom is -0.379 e. The van der Waals surface area contributed by atoms with Crippen molar-refractivity contribution in [2.24, 2.45) is 0 Å². The number of aromatic amines is 1. The fraction of sp³-hybridized carbons (Fsp3) is 0.500. The quantitative estimate of drug-likeness (QED) is 0.788. The molecule has 0 saturated carbocycles. The summed E-state index contributed by atoms with van der Waals surface area (Å²) >= 11 is 6.08. The number of hydrogen-bond donors (Lipinski definition) is 2. The summed E-state index contributed by atoms with van der Waals surface area (Å²) in [5.41, 5.74) is 2.63. The number of carbonyl (C=O) groups is 1. The van der Waals surface area contributed by atoms with Crippen molar-refractivity contribution >= 4 is 28.4 Å². The van der Waals surface area contributed by atoms with E-state index < -0.39 is 0 Å². The topological polar surface area (TPSA) is 57.4 Å². The number of ether oxygens (including phenoxy) is 1. The van der Waals surface area contributed by atoms with Gasteiger partial charge in [-0.05, 0) is 43.1 Å². The zero-order chi connectivity index (χ0) is 16.9. The summed E-state index contributed by atoms with van der Waals surface area (Å²) in [6, 6.07) is 5.68. The Balaban J connectivity index is 1.59. The third-order valence-corrected chi connectivity index (χ3v) is 4.72. The molecule has 1 aromatic carbocycles. The molecule has 6 heteroatoms.